The number of benzene rings is 1. The lowest BCUT2D eigenvalue weighted by Gasteiger charge is -2.10. The monoisotopic (exact) mass is 271 g/mol. The average molecular weight is 271 g/mol. The van der Waals surface area contributed by atoms with Gasteiger partial charge in [-0.05, 0) is 29.9 Å². The SMILES string of the molecule is CCOC(=O)C(=O)c1ccc2c(C(C)C)cncc2c1. The van der Waals surface area contributed by atoms with Gasteiger partial charge in [0.05, 0.1) is 6.61 Å². The number of nitrogens with zero attached hydrogens (tertiary/aromatic N) is 1. The van der Waals surface area contributed by atoms with Gasteiger partial charge in [0, 0.05) is 23.3 Å². The Morgan fingerprint density at radius 3 is 2.65 bits per heavy atom. The molecule has 0 spiro atoms. The van der Waals surface area contributed by atoms with Gasteiger partial charge in [0.15, 0.2) is 0 Å². The molecule has 0 radical (unpaired) electrons. The van der Waals surface area contributed by atoms with Crippen molar-refractivity contribution < 1.29 is 14.3 Å². The van der Waals surface area contributed by atoms with E-state index in [1.165, 1.54) is 0 Å². The molecule has 0 aliphatic rings. The van der Waals surface area contributed by atoms with Crippen LogP contribution < -0.4 is 0 Å². The maximum atomic E-state index is 11.9. The maximum Gasteiger partial charge on any atom is 0.379 e. The Kier molecular flexibility index (Phi) is 4.13. The van der Waals surface area contributed by atoms with Crippen molar-refractivity contribution in [2.24, 2.45) is 0 Å². The van der Waals surface area contributed by atoms with Gasteiger partial charge in [-0.1, -0.05) is 26.0 Å². The maximum absolute atomic E-state index is 11.9. The number of ether oxygens (including phenoxy) is 1. The van der Waals surface area contributed by atoms with Gasteiger partial charge in [-0.3, -0.25) is 9.78 Å². The number of hydrogen-bond acceptors (Lipinski definition) is 4. The second kappa shape index (κ2) is 5.82. The molecule has 0 unspecified atom stereocenters. The molecule has 0 aliphatic carbocycles. The molecule has 0 saturated heterocycles. The van der Waals surface area contributed by atoms with E-state index in [9.17, 15) is 9.59 Å². The van der Waals surface area contributed by atoms with Crippen LogP contribution in [0.25, 0.3) is 10.8 Å². The normalized spacial score (nSPS) is 10.8. The fourth-order valence-corrected chi connectivity index (χ4v) is 2.12. The Morgan fingerprint density at radius 1 is 1.25 bits per heavy atom. The van der Waals surface area contributed by atoms with E-state index in [0.29, 0.717) is 11.5 Å². The highest BCUT2D eigenvalue weighted by Gasteiger charge is 2.18. The summed E-state index contributed by atoms with van der Waals surface area (Å²) in [6.07, 6.45) is 3.53. The first-order valence-electron chi connectivity index (χ1n) is 6.63. The van der Waals surface area contributed by atoms with Gasteiger partial charge in [0.1, 0.15) is 0 Å². The van der Waals surface area contributed by atoms with Gasteiger partial charge < -0.3 is 4.74 Å². The Bertz CT molecular complexity index is 662. The molecule has 104 valence electrons. The molecule has 1 aromatic heterocycles. The van der Waals surface area contributed by atoms with Crippen molar-refractivity contribution in [3.63, 3.8) is 0 Å². The molecule has 0 amide bonds. The van der Waals surface area contributed by atoms with Gasteiger partial charge in [-0.15, -0.1) is 0 Å². The van der Waals surface area contributed by atoms with Gasteiger partial charge in [-0.25, -0.2) is 4.79 Å². The molecule has 0 saturated carbocycles. The first-order chi connectivity index (χ1) is 9.54. The molecule has 4 heteroatoms. The lowest BCUT2D eigenvalue weighted by atomic mass is 9.97. The largest absolute Gasteiger partial charge is 0.460 e. The van der Waals surface area contributed by atoms with Crippen LogP contribution in [0.4, 0.5) is 0 Å². The summed E-state index contributed by atoms with van der Waals surface area (Å²) in [5, 5.41) is 1.90. The Morgan fingerprint density at radius 2 is 2.00 bits per heavy atom. The number of aromatic nitrogens is 1. The van der Waals surface area contributed by atoms with Crippen molar-refractivity contribution in [1.82, 2.24) is 4.98 Å². The summed E-state index contributed by atoms with van der Waals surface area (Å²) in [4.78, 5) is 27.6. The van der Waals surface area contributed by atoms with Crippen LogP contribution >= 0.6 is 0 Å². The summed E-state index contributed by atoms with van der Waals surface area (Å²) in [5.41, 5.74) is 1.45. The number of carbonyl (C=O) groups excluding carboxylic acids is 2. The summed E-state index contributed by atoms with van der Waals surface area (Å²) >= 11 is 0. The van der Waals surface area contributed by atoms with E-state index in [1.807, 2.05) is 12.3 Å². The Hall–Kier alpha value is -2.23. The topological polar surface area (TPSA) is 56.3 Å². The van der Waals surface area contributed by atoms with E-state index in [4.69, 9.17) is 4.74 Å². The molecule has 2 rings (SSSR count). The van der Waals surface area contributed by atoms with Gasteiger partial charge in [0.25, 0.3) is 5.78 Å². The van der Waals surface area contributed by atoms with Crippen molar-refractivity contribution in [2.45, 2.75) is 26.7 Å². The van der Waals surface area contributed by atoms with E-state index >= 15 is 0 Å². The first kappa shape index (κ1) is 14.2. The summed E-state index contributed by atoms with van der Waals surface area (Å²) in [6, 6.07) is 5.21. The van der Waals surface area contributed by atoms with Crippen molar-refractivity contribution in [1.29, 1.82) is 0 Å². The number of pyridine rings is 1. The molecule has 0 aliphatic heterocycles. The summed E-state index contributed by atoms with van der Waals surface area (Å²) < 4.78 is 4.73. The van der Waals surface area contributed by atoms with Crippen LogP contribution in [0.5, 0.6) is 0 Å². The van der Waals surface area contributed by atoms with E-state index in [2.05, 4.69) is 18.8 Å². The zero-order valence-electron chi connectivity index (χ0n) is 11.8. The average Bonchev–Trinajstić information content (AvgIpc) is 2.45. The van der Waals surface area contributed by atoms with Crippen molar-refractivity contribution in [3.8, 4) is 0 Å². The molecule has 20 heavy (non-hydrogen) atoms. The lowest BCUT2D eigenvalue weighted by molar-refractivity contribution is -0.137. The summed E-state index contributed by atoms with van der Waals surface area (Å²) in [7, 11) is 0. The fraction of sp³-hybridized carbons (Fsp3) is 0.312. The molecule has 1 aromatic carbocycles. The van der Waals surface area contributed by atoms with Crippen LogP contribution in [-0.4, -0.2) is 23.3 Å². The Labute approximate surface area is 117 Å². The van der Waals surface area contributed by atoms with E-state index in [-0.39, 0.29) is 6.61 Å². The van der Waals surface area contributed by atoms with Crippen LogP contribution in [-0.2, 0) is 9.53 Å². The predicted molar refractivity (Wildman–Crippen MR) is 76.8 cm³/mol. The molecule has 0 bridgehead atoms. The van der Waals surface area contributed by atoms with Crippen molar-refractivity contribution >= 4 is 22.5 Å². The number of Topliss-reactive ketones (excluding diaryl/α,β-unsaturated/α-hetero) is 1. The molecular formula is C16H17NO3. The predicted octanol–water partition coefficient (Wildman–Crippen LogP) is 3.10. The molecule has 1 heterocycles. The second-order valence-corrected chi connectivity index (χ2v) is 4.87. The van der Waals surface area contributed by atoms with Crippen molar-refractivity contribution in [2.75, 3.05) is 6.61 Å². The number of ketones is 1. The minimum absolute atomic E-state index is 0.192. The van der Waals surface area contributed by atoms with Gasteiger partial charge in [-0.2, -0.15) is 0 Å². The van der Waals surface area contributed by atoms with E-state index in [1.54, 1.807) is 25.3 Å². The second-order valence-electron chi connectivity index (χ2n) is 4.87. The number of esters is 1. The van der Waals surface area contributed by atoms with E-state index in [0.717, 1.165) is 16.3 Å². The molecule has 0 atom stereocenters. The fourth-order valence-electron chi connectivity index (χ4n) is 2.12. The molecule has 0 fully saturated rings. The number of hydrogen-bond donors (Lipinski definition) is 0. The Balaban J connectivity index is 2.45. The number of rotatable bonds is 4. The van der Waals surface area contributed by atoms with Crippen LogP contribution in [0.15, 0.2) is 30.6 Å². The highest BCUT2D eigenvalue weighted by molar-refractivity contribution is 6.40. The zero-order valence-corrected chi connectivity index (χ0v) is 11.8. The van der Waals surface area contributed by atoms with Crippen LogP contribution in [0, 0.1) is 0 Å². The third-order valence-corrected chi connectivity index (χ3v) is 3.13. The molecule has 0 N–H and O–H groups in total. The zero-order chi connectivity index (χ0) is 14.7. The highest BCUT2D eigenvalue weighted by atomic mass is 16.5. The van der Waals surface area contributed by atoms with Crippen LogP contribution in [0.2, 0.25) is 0 Å². The molecule has 2 aromatic rings. The van der Waals surface area contributed by atoms with Crippen molar-refractivity contribution in [3.05, 3.63) is 41.7 Å². The smallest absolute Gasteiger partial charge is 0.379 e. The molecular weight excluding hydrogens is 254 g/mol. The number of carbonyl (C=O) groups is 2. The first-order valence-corrected chi connectivity index (χ1v) is 6.63. The van der Waals surface area contributed by atoms with Crippen LogP contribution in [0.1, 0.15) is 42.6 Å². The van der Waals surface area contributed by atoms with Gasteiger partial charge in [0.2, 0.25) is 0 Å². The molecule has 4 nitrogen and oxygen atoms in total. The third kappa shape index (κ3) is 2.69. The van der Waals surface area contributed by atoms with Crippen LogP contribution in [0.3, 0.4) is 0 Å². The quantitative estimate of drug-likeness (QED) is 0.487. The lowest BCUT2D eigenvalue weighted by Crippen LogP contribution is -2.17. The highest BCUT2D eigenvalue weighted by Crippen LogP contribution is 2.25. The minimum atomic E-state index is -0.820. The minimum Gasteiger partial charge on any atom is -0.460 e. The summed E-state index contributed by atoms with van der Waals surface area (Å²) in [5.74, 6) is -1.10. The standard InChI is InChI=1S/C16H17NO3/c1-4-20-16(19)15(18)11-5-6-13-12(7-11)8-17-9-14(13)10(2)3/h5-10H,4H2,1-3H3. The summed E-state index contributed by atoms with van der Waals surface area (Å²) in [6.45, 7) is 6.05. The van der Waals surface area contributed by atoms with Gasteiger partial charge >= 0.3 is 5.97 Å². The number of fused-ring (bicyclic) bond motifs is 1. The van der Waals surface area contributed by atoms with E-state index < -0.39 is 11.8 Å². The third-order valence-electron chi connectivity index (χ3n) is 3.13.